The van der Waals surface area contributed by atoms with Gasteiger partial charge in [-0.2, -0.15) is 5.26 Å². The Balaban J connectivity index is 1.67. The monoisotopic (exact) mass is 401 g/mol. The lowest BCUT2D eigenvalue weighted by Crippen LogP contribution is -2.29. The largest absolute Gasteiger partial charge is 0.361 e. The van der Waals surface area contributed by atoms with Crippen molar-refractivity contribution in [3.63, 3.8) is 0 Å². The highest BCUT2D eigenvalue weighted by molar-refractivity contribution is 7.89. The van der Waals surface area contributed by atoms with E-state index in [0.717, 1.165) is 22.0 Å². The van der Waals surface area contributed by atoms with Crippen LogP contribution >= 0.6 is 0 Å². The maximum atomic E-state index is 12.8. The quantitative estimate of drug-likeness (QED) is 0.509. The third-order valence-electron chi connectivity index (χ3n) is 4.97. The maximum absolute atomic E-state index is 12.8. The Morgan fingerprint density at radius 1 is 0.931 bits per heavy atom. The van der Waals surface area contributed by atoms with Gasteiger partial charge in [0.2, 0.25) is 10.0 Å². The van der Waals surface area contributed by atoms with E-state index in [-0.39, 0.29) is 17.4 Å². The first-order valence-corrected chi connectivity index (χ1v) is 10.7. The predicted octanol–water partition coefficient (Wildman–Crippen LogP) is 4.15. The van der Waals surface area contributed by atoms with Crippen molar-refractivity contribution in [1.29, 1.82) is 5.26 Å². The summed E-state index contributed by atoms with van der Waals surface area (Å²) in [5.41, 5.74) is 3.50. The molecule has 1 aromatic heterocycles. The van der Waals surface area contributed by atoms with Gasteiger partial charge >= 0.3 is 0 Å². The highest BCUT2D eigenvalue weighted by atomic mass is 32.2. The number of aromatic amines is 1. The molecule has 6 heteroatoms. The number of fused-ring (bicyclic) bond motifs is 1. The van der Waals surface area contributed by atoms with Gasteiger partial charge in [-0.15, -0.1) is 0 Å². The van der Waals surface area contributed by atoms with Gasteiger partial charge in [-0.25, -0.2) is 13.1 Å². The maximum Gasteiger partial charge on any atom is 0.240 e. The van der Waals surface area contributed by atoms with Crippen LogP contribution < -0.4 is 4.72 Å². The highest BCUT2D eigenvalue weighted by Gasteiger charge is 2.22. The van der Waals surface area contributed by atoms with E-state index in [9.17, 15) is 8.42 Å². The molecular formula is C23H19N3O2S. The van der Waals surface area contributed by atoms with Crippen molar-refractivity contribution in [3.05, 3.63) is 102 Å². The van der Waals surface area contributed by atoms with Gasteiger partial charge in [0.25, 0.3) is 0 Å². The molecule has 29 heavy (non-hydrogen) atoms. The van der Waals surface area contributed by atoms with E-state index in [0.29, 0.717) is 5.56 Å². The number of H-pyrrole nitrogens is 1. The number of nitriles is 1. The zero-order valence-corrected chi connectivity index (χ0v) is 16.4. The molecule has 0 bridgehead atoms. The molecule has 0 aliphatic rings. The van der Waals surface area contributed by atoms with Crippen LogP contribution in [-0.2, 0) is 10.0 Å². The molecule has 4 rings (SSSR count). The van der Waals surface area contributed by atoms with Gasteiger partial charge in [0.05, 0.1) is 16.5 Å². The molecule has 4 aromatic rings. The second-order valence-corrected chi connectivity index (χ2v) is 8.51. The van der Waals surface area contributed by atoms with Crippen LogP contribution in [0.3, 0.4) is 0 Å². The van der Waals surface area contributed by atoms with Crippen molar-refractivity contribution in [2.24, 2.45) is 0 Å². The minimum absolute atomic E-state index is 0.141. The van der Waals surface area contributed by atoms with Gasteiger partial charge in [0.15, 0.2) is 0 Å². The number of nitrogens with one attached hydrogen (secondary N) is 2. The first-order valence-electron chi connectivity index (χ1n) is 9.19. The van der Waals surface area contributed by atoms with Gasteiger partial charge in [-0.05, 0) is 41.5 Å². The fourth-order valence-corrected chi connectivity index (χ4v) is 4.51. The van der Waals surface area contributed by atoms with Crippen LogP contribution in [-0.4, -0.2) is 19.9 Å². The van der Waals surface area contributed by atoms with Gasteiger partial charge in [-0.1, -0.05) is 48.5 Å². The molecule has 144 valence electrons. The number of rotatable bonds is 6. The minimum Gasteiger partial charge on any atom is -0.361 e. The van der Waals surface area contributed by atoms with Gasteiger partial charge in [-0.3, -0.25) is 0 Å². The number of sulfonamides is 1. The van der Waals surface area contributed by atoms with Crippen molar-refractivity contribution in [2.75, 3.05) is 6.54 Å². The standard InChI is InChI=1S/C23H19N3O2S/c24-14-17-10-12-19(13-11-17)29(27,28)26-16-21(18-6-2-1-3-7-18)22-15-25-23-9-5-4-8-20(22)23/h1-13,15,21,25-26H,16H2. The first kappa shape index (κ1) is 18.9. The Hall–Kier alpha value is -3.40. The molecule has 0 spiro atoms. The first-order chi connectivity index (χ1) is 14.1. The van der Waals surface area contributed by atoms with Crippen molar-refractivity contribution in [3.8, 4) is 6.07 Å². The molecule has 2 N–H and O–H groups in total. The van der Waals surface area contributed by atoms with E-state index in [1.54, 1.807) is 0 Å². The topological polar surface area (TPSA) is 85.8 Å². The summed E-state index contributed by atoms with van der Waals surface area (Å²) in [7, 11) is -3.70. The molecule has 0 saturated heterocycles. The van der Waals surface area contributed by atoms with Crippen LogP contribution in [0.2, 0.25) is 0 Å². The van der Waals surface area contributed by atoms with E-state index < -0.39 is 10.0 Å². The Labute approximate surface area is 169 Å². The SMILES string of the molecule is N#Cc1ccc(S(=O)(=O)NCC(c2ccccc2)c2c[nH]c3ccccc23)cc1. The summed E-state index contributed by atoms with van der Waals surface area (Å²) in [6, 6.07) is 25.7. The van der Waals surface area contributed by atoms with E-state index in [2.05, 4.69) is 9.71 Å². The molecule has 0 fully saturated rings. The fourth-order valence-electron chi connectivity index (χ4n) is 3.46. The Kier molecular flexibility index (Phi) is 5.17. The van der Waals surface area contributed by atoms with E-state index in [1.807, 2.05) is 66.9 Å². The molecule has 0 aliphatic carbocycles. The summed E-state index contributed by atoms with van der Waals surface area (Å²) >= 11 is 0. The van der Waals surface area contributed by atoms with Crippen molar-refractivity contribution in [1.82, 2.24) is 9.71 Å². The van der Waals surface area contributed by atoms with E-state index >= 15 is 0 Å². The van der Waals surface area contributed by atoms with Crippen LogP contribution in [0.15, 0.2) is 90.0 Å². The summed E-state index contributed by atoms with van der Waals surface area (Å²) in [4.78, 5) is 3.41. The number of para-hydroxylation sites is 1. The number of aromatic nitrogens is 1. The zero-order chi connectivity index (χ0) is 20.3. The zero-order valence-electron chi connectivity index (χ0n) is 15.5. The second kappa shape index (κ2) is 7.92. The summed E-state index contributed by atoms with van der Waals surface area (Å²) in [5, 5.41) is 9.98. The third-order valence-corrected chi connectivity index (χ3v) is 6.41. The molecule has 1 unspecified atom stereocenters. The van der Waals surface area contributed by atoms with Gasteiger partial charge in [0, 0.05) is 29.6 Å². The smallest absolute Gasteiger partial charge is 0.240 e. The molecular weight excluding hydrogens is 382 g/mol. The Bertz CT molecular complexity index is 1270. The van der Waals surface area contributed by atoms with Crippen molar-refractivity contribution < 1.29 is 8.42 Å². The van der Waals surface area contributed by atoms with Crippen LogP contribution in [0.5, 0.6) is 0 Å². The van der Waals surface area contributed by atoms with Crippen LogP contribution in [0.1, 0.15) is 22.6 Å². The minimum atomic E-state index is -3.70. The van der Waals surface area contributed by atoms with Crippen molar-refractivity contribution in [2.45, 2.75) is 10.8 Å². The summed E-state index contributed by atoms with van der Waals surface area (Å²) in [5.74, 6) is -0.152. The molecule has 0 saturated carbocycles. The van der Waals surface area contributed by atoms with Crippen molar-refractivity contribution >= 4 is 20.9 Å². The Morgan fingerprint density at radius 2 is 1.62 bits per heavy atom. The second-order valence-electron chi connectivity index (χ2n) is 6.74. The Morgan fingerprint density at radius 3 is 2.34 bits per heavy atom. The summed E-state index contributed by atoms with van der Waals surface area (Å²) in [6.07, 6.45) is 1.94. The fraction of sp³-hybridized carbons (Fsp3) is 0.0870. The van der Waals surface area contributed by atoms with Crippen LogP contribution in [0, 0.1) is 11.3 Å². The molecule has 0 amide bonds. The molecule has 0 aliphatic heterocycles. The summed E-state index contributed by atoms with van der Waals surface area (Å²) in [6.45, 7) is 0.216. The average Bonchev–Trinajstić information content (AvgIpc) is 3.19. The predicted molar refractivity (Wildman–Crippen MR) is 113 cm³/mol. The normalized spacial score (nSPS) is 12.5. The molecule has 0 radical (unpaired) electrons. The number of hydrogen-bond donors (Lipinski definition) is 2. The lowest BCUT2D eigenvalue weighted by atomic mass is 9.91. The van der Waals surface area contributed by atoms with Crippen LogP contribution in [0.4, 0.5) is 0 Å². The number of benzene rings is 3. The summed E-state index contributed by atoms with van der Waals surface area (Å²) < 4.78 is 28.3. The molecule has 1 heterocycles. The van der Waals surface area contributed by atoms with Crippen LogP contribution in [0.25, 0.3) is 10.9 Å². The van der Waals surface area contributed by atoms with Gasteiger partial charge < -0.3 is 4.98 Å². The number of hydrogen-bond acceptors (Lipinski definition) is 3. The lowest BCUT2D eigenvalue weighted by molar-refractivity contribution is 0.577. The lowest BCUT2D eigenvalue weighted by Gasteiger charge is -2.18. The highest BCUT2D eigenvalue weighted by Crippen LogP contribution is 2.30. The third kappa shape index (κ3) is 3.92. The van der Waals surface area contributed by atoms with E-state index in [1.165, 1.54) is 24.3 Å². The molecule has 1 atom stereocenters. The van der Waals surface area contributed by atoms with E-state index in [4.69, 9.17) is 5.26 Å². The van der Waals surface area contributed by atoms with Gasteiger partial charge in [0.1, 0.15) is 0 Å². The average molecular weight is 401 g/mol. The molecule has 3 aromatic carbocycles. The molecule has 5 nitrogen and oxygen atoms in total. The number of nitrogens with zero attached hydrogens (tertiary/aromatic N) is 1.